The molecule has 0 atom stereocenters. The van der Waals surface area contributed by atoms with Crippen LogP contribution in [0, 0.1) is 0 Å². The van der Waals surface area contributed by atoms with E-state index in [0.29, 0.717) is 38.3 Å². The first-order valence-electron chi connectivity index (χ1n) is 8.04. The third-order valence-electron chi connectivity index (χ3n) is 4.09. The zero-order valence-electron chi connectivity index (χ0n) is 13.7. The molecule has 3 rings (SSSR count). The van der Waals surface area contributed by atoms with Crippen LogP contribution in [0.1, 0.15) is 18.4 Å². The Morgan fingerprint density at radius 3 is 2.88 bits per heavy atom. The molecule has 1 N–H and O–H groups in total. The highest BCUT2D eigenvalue weighted by Gasteiger charge is 2.22. The number of anilines is 1. The number of nitrogens with zero attached hydrogens (tertiary/aromatic N) is 4. The summed E-state index contributed by atoms with van der Waals surface area (Å²) in [5.74, 6) is 0.554. The number of rotatable bonds is 4. The van der Waals surface area contributed by atoms with E-state index in [9.17, 15) is 9.59 Å². The smallest absolute Gasteiger partial charge is 0.267 e. The molecule has 2 aliphatic rings. The second kappa shape index (κ2) is 7.39. The Morgan fingerprint density at radius 2 is 2.12 bits per heavy atom. The largest absolute Gasteiger partial charge is 0.378 e. The minimum Gasteiger partial charge on any atom is -0.378 e. The topological polar surface area (TPSA) is 87.1 Å². The van der Waals surface area contributed by atoms with Crippen molar-refractivity contribution in [3.63, 3.8) is 0 Å². The summed E-state index contributed by atoms with van der Waals surface area (Å²) in [7, 11) is 1.56. The fourth-order valence-electron chi connectivity index (χ4n) is 2.74. The van der Waals surface area contributed by atoms with E-state index in [4.69, 9.17) is 4.74 Å². The number of aromatic nitrogens is 1. The van der Waals surface area contributed by atoms with Gasteiger partial charge in [0.25, 0.3) is 5.91 Å². The highest BCUT2D eigenvalue weighted by Crippen LogP contribution is 2.18. The normalized spacial score (nSPS) is 18.4. The molecule has 0 saturated carbocycles. The Labute approximate surface area is 140 Å². The summed E-state index contributed by atoms with van der Waals surface area (Å²) in [6.07, 6.45) is 2.44. The van der Waals surface area contributed by atoms with Gasteiger partial charge in [0.1, 0.15) is 11.5 Å². The standard InChI is InChI=1S/C16H21N5O3/c1-20-14(22)5-4-13(19-20)16(23)18-11-12-3-2-6-17-15(12)21-7-9-24-10-8-21/h2-3,6H,4-5,7-11H2,1H3,(H,18,23). The zero-order valence-corrected chi connectivity index (χ0v) is 13.7. The Hall–Kier alpha value is -2.48. The van der Waals surface area contributed by atoms with Crippen LogP contribution in [0.3, 0.4) is 0 Å². The average Bonchev–Trinajstić information content (AvgIpc) is 2.63. The van der Waals surface area contributed by atoms with Gasteiger partial charge in [-0.05, 0) is 6.07 Å². The van der Waals surface area contributed by atoms with Crippen LogP contribution in [-0.2, 0) is 20.9 Å². The molecule has 1 aromatic heterocycles. The van der Waals surface area contributed by atoms with E-state index in [2.05, 4.69) is 20.3 Å². The van der Waals surface area contributed by atoms with Crippen LogP contribution in [0.4, 0.5) is 5.82 Å². The number of hydrogen-bond acceptors (Lipinski definition) is 6. The number of amides is 2. The van der Waals surface area contributed by atoms with Crippen LogP contribution in [-0.4, -0.2) is 60.9 Å². The summed E-state index contributed by atoms with van der Waals surface area (Å²) >= 11 is 0. The molecule has 2 aliphatic heterocycles. The predicted octanol–water partition coefficient (Wildman–Crippen LogP) is 0.143. The van der Waals surface area contributed by atoms with Gasteiger partial charge in [-0.2, -0.15) is 5.10 Å². The lowest BCUT2D eigenvalue weighted by molar-refractivity contribution is -0.130. The number of pyridine rings is 1. The van der Waals surface area contributed by atoms with Crippen LogP contribution >= 0.6 is 0 Å². The molecule has 1 aromatic rings. The third-order valence-corrected chi connectivity index (χ3v) is 4.09. The molecular weight excluding hydrogens is 310 g/mol. The SMILES string of the molecule is CN1N=C(C(=O)NCc2cccnc2N2CCOCC2)CCC1=O. The minimum atomic E-state index is -0.244. The van der Waals surface area contributed by atoms with Crippen molar-refractivity contribution in [2.24, 2.45) is 5.10 Å². The van der Waals surface area contributed by atoms with E-state index < -0.39 is 0 Å². The lowest BCUT2D eigenvalue weighted by Crippen LogP contribution is -2.39. The van der Waals surface area contributed by atoms with Gasteiger partial charge in [-0.15, -0.1) is 0 Å². The number of ether oxygens (including phenoxy) is 1. The van der Waals surface area contributed by atoms with Crippen LogP contribution in [0.25, 0.3) is 0 Å². The second-order valence-corrected chi connectivity index (χ2v) is 5.73. The van der Waals surface area contributed by atoms with Crippen molar-refractivity contribution >= 4 is 23.3 Å². The van der Waals surface area contributed by atoms with Crippen molar-refractivity contribution in [1.82, 2.24) is 15.3 Å². The number of morpholine rings is 1. The summed E-state index contributed by atoms with van der Waals surface area (Å²) in [6, 6.07) is 3.81. The summed E-state index contributed by atoms with van der Waals surface area (Å²) in [5.41, 5.74) is 1.34. The van der Waals surface area contributed by atoms with Gasteiger partial charge in [0.05, 0.1) is 13.2 Å². The molecule has 0 bridgehead atoms. The van der Waals surface area contributed by atoms with Crippen LogP contribution in [0.2, 0.25) is 0 Å². The van der Waals surface area contributed by atoms with E-state index in [0.717, 1.165) is 24.5 Å². The molecule has 0 radical (unpaired) electrons. The lowest BCUT2D eigenvalue weighted by Gasteiger charge is -2.29. The number of carbonyl (C=O) groups excluding carboxylic acids is 2. The second-order valence-electron chi connectivity index (χ2n) is 5.73. The fourth-order valence-corrected chi connectivity index (χ4v) is 2.74. The Bertz CT molecular complexity index is 655. The molecular formula is C16H21N5O3. The minimum absolute atomic E-state index is 0.0755. The molecule has 8 nitrogen and oxygen atoms in total. The van der Waals surface area contributed by atoms with Crippen molar-refractivity contribution in [1.29, 1.82) is 0 Å². The molecule has 8 heteroatoms. The maximum atomic E-state index is 12.3. The fraction of sp³-hybridized carbons (Fsp3) is 0.500. The molecule has 0 aromatic carbocycles. The van der Waals surface area contributed by atoms with Gasteiger partial charge in [-0.1, -0.05) is 6.07 Å². The van der Waals surface area contributed by atoms with Gasteiger partial charge >= 0.3 is 0 Å². The van der Waals surface area contributed by atoms with Crippen molar-refractivity contribution in [3.05, 3.63) is 23.9 Å². The predicted molar refractivity (Wildman–Crippen MR) is 88.6 cm³/mol. The highest BCUT2D eigenvalue weighted by molar-refractivity contribution is 6.39. The molecule has 0 unspecified atom stereocenters. The Kier molecular flexibility index (Phi) is 5.05. The molecule has 1 fully saturated rings. The van der Waals surface area contributed by atoms with E-state index in [-0.39, 0.29) is 11.8 Å². The van der Waals surface area contributed by atoms with Gasteiger partial charge in [0, 0.05) is 51.3 Å². The van der Waals surface area contributed by atoms with E-state index in [1.165, 1.54) is 5.01 Å². The van der Waals surface area contributed by atoms with Crippen LogP contribution in [0.15, 0.2) is 23.4 Å². The third kappa shape index (κ3) is 3.70. The van der Waals surface area contributed by atoms with Gasteiger partial charge in [0.2, 0.25) is 5.91 Å². The molecule has 3 heterocycles. The molecule has 0 aliphatic carbocycles. The highest BCUT2D eigenvalue weighted by atomic mass is 16.5. The monoisotopic (exact) mass is 331 g/mol. The summed E-state index contributed by atoms with van der Waals surface area (Å²) in [4.78, 5) is 30.3. The first kappa shape index (κ1) is 16.4. The molecule has 128 valence electrons. The average molecular weight is 331 g/mol. The van der Waals surface area contributed by atoms with Crippen LogP contribution < -0.4 is 10.2 Å². The summed E-state index contributed by atoms with van der Waals surface area (Å²) < 4.78 is 5.37. The molecule has 0 spiro atoms. The number of hydrogen-bond donors (Lipinski definition) is 1. The van der Waals surface area contributed by atoms with Crippen molar-refractivity contribution in [3.8, 4) is 0 Å². The number of nitrogens with one attached hydrogen (secondary N) is 1. The number of carbonyl (C=O) groups is 2. The maximum Gasteiger partial charge on any atom is 0.267 e. The Morgan fingerprint density at radius 1 is 1.33 bits per heavy atom. The number of hydrazone groups is 1. The van der Waals surface area contributed by atoms with Gasteiger partial charge in [-0.3, -0.25) is 9.59 Å². The molecule has 1 saturated heterocycles. The van der Waals surface area contributed by atoms with E-state index >= 15 is 0 Å². The van der Waals surface area contributed by atoms with Crippen molar-refractivity contribution in [2.75, 3.05) is 38.3 Å². The lowest BCUT2D eigenvalue weighted by atomic mass is 10.1. The maximum absolute atomic E-state index is 12.3. The van der Waals surface area contributed by atoms with Gasteiger partial charge in [0.15, 0.2) is 0 Å². The zero-order chi connectivity index (χ0) is 16.9. The van der Waals surface area contributed by atoms with Crippen molar-refractivity contribution < 1.29 is 14.3 Å². The summed E-state index contributed by atoms with van der Waals surface area (Å²) in [6.45, 7) is 3.31. The van der Waals surface area contributed by atoms with Gasteiger partial charge < -0.3 is 15.0 Å². The Balaban J connectivity index is 1.65. The van der Waals surface area contributed by atoms with Gasteiger partial charge in [-0.25, -0.2) is 9.99 Å². The summed E-state index contributed by atoms with van der Waals surface area (Å²) in [5, 5.41) is 8.14. The molecule has 2 amide bonds. The first-order valence-corrected chi connectivity index (χ1v) is 8.04. The van der Waals surface area contributed by atoms with E-state index in [1.807, 2.05) is 12.1 Å². The first-order chi connectivity index (χ1) is 11.6. The quantitative estimate of drug-likeness (QED) is 0.848. The van der Waals surface area contributed by atoms with Crippen LogP contribution in [0.5, 0.6) is 0 Å². The van der Waals surface area contributed by atoms with Crippen molar-refractivity contribution in [2.45, 2.75) is 19.4 Å². The van der Waals surface area contributed by atoms with E-state index in [1.54, 1.807) is 13.2 Å². The molecule has 24 heavy (non-hydrogen) atoms.